The zero-order valence-electron chi connectivity index (χ0n) is 33.1. The van der Waals surface area contributed by atoms with Crippen molar-refractivity contribution in [1.29, 1.82) is 0 Å². The highest BCUT2D eigenvalue weighted by Crippen LogP contribution is 2.40. The van der Waals surface area contributed by atoms with Crippen molar-refractivity contribution in [3.63, 3.8) is 0 Å². The van der Waals surface area contributed by atoms with Crippen LogP contribution in [0.4, 0.5) is 4.79 Å². The first-order valence-corrected chi connectivity index (χ1v) is 20.7. The number of nitrogens with one attached hydrogen (secondary N) is 1. The van der Waals surface area contributed by atoms with Crippen molar-refractivity contribution >= 4 is 29.5 Å². The molecule has 60 heavy (non-hydrogen) atoms. The molecule has 3 saturated heterocycles. The first-order valence-electron chi connectivity index (χ1n) is 20.4. The van der Waals surface area contributed by atoms with Crippen molar-refractivity contribution in [2.75, 3.05) is 19.6 Å². The van der Waals surface area contributed by atoms with E-state index >= 15 is 0 Å². The van der Waals surface area contributed by atoms with E-state index in [2.05, 4.69) is 10.2 Å². The van der Waals surface area contributed by atoms with Crippen molar-refractivity contribution in [1.82, 2.24) is 15.1 Å². The van der Waals surface area contributed by atoms with Gasteiger partial charge in [0.05, 0.1) is 37.4 Å². The van der Waals surface area contributed by atoms with Crippen LogP contribution in [0.15, 0.2) is 127 Å². The molecule has 3 aliphatic rings. The molecule has 3 fully saturated rings. The molecule has 0 aromatic heterocycles. The van der Waals surface area contributed by atoms with Crippen LogP contribution in [0.25, 0.3) is 11.1 Å². The van der Waals surface area contributed by atoms with Crippen LogP contribution < -0.4 is 5.32 Å². The van der Waals surface area contributed by atoms with Crippen LogP contribution in [-0.4, -0.2) is 69.7 Å². The topological polar surface area (TPSA) is 138 Å². The summed E-state index contributed by atoms with van der Waals surface area (Å²) in [5.41, 5.74) is 5.97. The minimum absolute atomic E-state index is 0.0403. The summed E-state index contributed by atoms with van der Waals surface area (Å²) in [7, 11) is 0. The molecule has 310 valence electrons. The van der Waals surface area contributed by atoms with Crippen molar-refractivity contribution in [3.05, 3.63) is 166 Å². The highest BCUT2D eigenvalue weighted by Gasteiger charge is 2.40. The molecule has 0 saturated carbocycles. The van der Waals surface area contributed by atoms with E-state index in [9.17, 15) is 24.6 Å². The van der Waals surface area contributed by atoms with E-state index in [4.69, 9.17) is 25.8 Å². The van der Waals surface area contributed by atoms with Gasteiger partial charge in [-0.1, -0.05) is 127 Å². The van der Waals surface area contributed by atoms with Gasteiger partial charge in [-0.2, -0.15) is 0 Å². The largest absolute Gasteiger partial charge is 0.445 e. The van der Waals surface area contributed by atoms with Gasteiger partial charge < -0.3 is 34.6 Å². The van der Waals surface area contributed by atoms with Gasteiger partial charge in [-0.05, 0) is 63.9 Å². The van der Waals surface area contributed by atoms with E-state index in [1.54, 1.807) is 0 Å². The van der Waals surface area contributed by atoms with Crippen molar-refractivity contribution < 1.29 is 38.8 Å². The van der Waals surface area contributed by atoms with Crippen LogP contribution in [-0.2, 0) is 49.2 Å². The van der Waals surface area contributed by atoms with E-state index < -0.39 is 29.9 Å². The summed E-state index contributed by atoms with van der Waals surface area (Å²) in [5.74, 6) is -0.854. The maximum Gasteiger partial charge on any atom is 0.408 e. The smallest absolute Gasteiger partial charge is 0.408 e. The number of benzene rings is 5. The van der Waals surface area contributed by atoms with Gasteiger partial charge in [0.25, 0.3) is 5.91 Å². The number of piperidine rings is 1. The second-order valence-corrected chi connectivity index (χ2v) is 16.2. The summed E-state index contributed by atoms with van der Waals surface area (Å²) in [5, 5.41) is 24.3. The summed E-state index contributed by atoms with van der Waals surface area (Å²) in [6.07, 6.45) is -0.147. The number of amides is 3. The van der Waals surface area contributed by atoms with E-state index in [1.165, 1.54) is 4.90 Å². The molecular weight excluding hydrogens is 782 g/mol. The molecule has 0 radical (unpaired) electrons. The van der Waals surface area contributed by atoms with E-state index in [0.717, 1.165) is 44.5 Å². The molecule has 12 heteroatoms. The third-order valence-corrected chi connectivity index (χ3v) is 12.0. The number of likely N-dealkylation sites (tertiary alicyclic amines) is 2. The summed E-state index contributed by atoms with van der Waals surface area (Å²) in [6.45, 7) is 2.15. The molecule has 0 aliphatic carbocycles. The fourth-order valence-electron chi connectivity index (χ4n) is 8.27. The number of hydrogen-bond acceptors (Lipinski definition) is 9. The number of hydrogen-bond donors (Lipinski definition) is 3. The first-order chi connectivity index (χ1) is 29.1. The molecule has 3 amide bonds. The number of rotatable bonds is 12. The third kappa shape index (κ3) is 9.63. The molecule has 3 aliphatic heterocycles. The number of carbonyl (C=O) groups excluding carboxylic acids is 3. The summed E-state index contributed by atoms with van der Waals surface area (Å²) >= 11 is 6.11. The summed E-state index contributed by atoms with van der Waals surface area (Å²) in [4.78, 5) is 42.5. The normalized spacial score (nSPS) is 21.8. The maximum absolute atomic E-state index is 13.4. The monoisotopic (exact) mass is 829 g/mol. The molecule has 3 N–H and O–H groups in total. The lowest BCUT2D eigenvalue weighted by Crippen LogP contribution is -2.46. The predicted octanol–water partition coefficient (Wildman–Crippen LogP) is 7.58. The number of ether oxygens (including phenoxy) is 3. The Morgan fingerprint density at radius 2 is 1.50 bits per heavy atom. The van der Waals surface area contributed by atoms with Crippen LogP contribution in [0.1, 0.15) is 71.5 Å². The predicted molar refractivity (Wildman–Crippen MR) is 225 cm³/mol. The highest BCUT2D eigenvalue weighted by atomic mass is 35.5. The van der Waals surface area contributed by atoms with Gasteiger partial charge in [0, 0.05) is 36.6 Å². The molecule has 4 atom stereocenters. The Morgan fingerprint density at radius 1 is 0.817 bits per heavy atom. The number of nitrogens with zero attached hydrogens (tertiary/aromatic N) is 2. The Kier molecular flexibility index (Phi) is 12.7. The second-order valence-electron chi connectivity index (χ2n) is 15.7. The zero-order valence-corrected chi connectivity index (χ0v) is 33.9. The molecular formula is C48H48ClN3O8. The minimum atomic E-state index is -1.00. The van der Waals surface area contributed by atoms with Gasteiger partial charge >= 0.3 is 6.09 Å². The van der Waals surface area contributed by atoms with Crippen LogP contribution >= 0.6 is 11.6 Å². The number of carbonyl (C=O) groups is 3. The van der Waals surface area contributed by atoms with Crippen LogP contribution in [0, 0.1) is 0 Å². The lowest BCUT2D eigenvalue weighted by atomic mass is 9.84. The van der Waals surface area contributed by atoms with Gasteiger partial charge in [-0.15, -0.1) is 0 Å². The fraction of sp³-hybridized carbons (Fsp3) is 0.312. The first kappa shape index (κ1) is 41.3. The molecule has 5 aromatic carbocycles. The van der Waals surface area contributed by atoms with Gasteiger partial charge in [-0.25, -0.2) is 4.79 Å². The van der Waals surface area contributed by atoms with Gasteiger partial charge in [-0.3, -0.25) is 14.5 Å². The maximum atomic E-state index is 13.4. The highest BCUT2D eigenvalue weighted by molar-refractivity contribution is 6.30. The Morgan fingerprint density at radius 3 is 2.22 bits per heavy atom. The van der Waals surface area contributed by atoms with Crippen molar-refractivity contribution in [2.24, 2.45) is 0 Å². The minimum Gasteiger partial charge on any atom is -0.445 e. The molecule has 3 heterocycles. The lowest BCUT2D eigenvalue weighted by Gasteiger charge is -2.42. The Labute approximate surface area is 354 Å². The standard InChI is InChI=1S/C48H48ClN3O8/c49-39-20-18-38(19-21-39)48(57)22-24-51(25-23-48)29-40-26-43(35-12-10-32(30-53)11-13-35)60-46(59-40)36-16-14-34(15-17-36)41-9-5-4-8-37(41)28-52-44(54)27-42(45(52)55)50-47(56)58-31-33-6-2-1-3-7-33/h1-21,40,42-43,46,53,57H,22-31H2,(H,50,56). The van der Waals surface area contributed by atoms with Crippen molar-refractivity contribution in [3.8, 4) is 11.1 Å². The number of alkyl carbamates (subject to hydrolysis) is 1. The molecule has 5 aromatic rings. The average molecular weight is 830 g/mol. The van der Waals surface area contributed by atoms with Crippen LogP contribution in [0.5, 0.6) is 0 Å². The lowest BCUT2D eigenvalue weighted by molar-refractivity contribution is -0.253. The van der Waals surface area contributed by atoms with Crippen LogP contribution in [0.3, 0.4) is 0 Å². The number of aliphatic hydroxyl groups excluding tert-OH is 1. The Bertz CT molecular complexity index is 2260. The van der Waals surface area contributed by atoms with Gasteiger partial charge in [0.2, 0.25) is 5.91 Å². The molecule has 4 unspecified atom stereocenters. The second kappa shape index (κ2) is 18.5. The fourth-order valence-corrected chi connectivity index (χ4v) is 8.40. The third-order valence-electron chi connectivity index (χ3n) is 11.7. The van der Waals surface area contributed by atoms with Crippen LogP contribution in [0.2, 0.25) is 5.02 Å². The number of imide groups is 1. The molecule has 11 nitrogen and oxygen atoms in total. The molecule has 0 bridgehead atoms. The molecule has 0 spiro atoms. The SMILES string of the molecule is O=C(NC1CC(=O)N(Cc2ccccc2-c2ccc(C3OC(CN4CCC(O)(c5ccc(Cl)cc5)CC4)CC(c4ccc(CO)cc4)O3)cc2)C1=O)OCc1ccccc1. The van der Waals surface area contributed by atoms with E-state index in [1.807, 2.05) is 127 Å². The van der Waals surface area contributed by atoms with Gasteiger partial charge in [0.15, 0.2) is 6.29 Å². The zero-order chi connectivity index (χ0) is 41.6. The van der Waals surface area contributed by atoms with E-state index in [-0.39, 0.29) is 44.3 Å². The summed E-state index contributed by atoms with van der Waals surface area (Å²) < 4.78 is 18.6. The quantitative estimate of drug-likeness (QED) is 0.109. The summed E-state index contributed by atoms with van der Waals surface area (Å²) in [6, 6.07) is 39.0. The number of aliphatic hydroxyl groups is 2. The average Bonchev–Trinajstić information content (AvgIpc) is 3.54. The van der Waals surface area contributed by atoms with Gasteiger partial charge in [0.1, 0.15) is 12.6 Å². The Balaban J connectivity index is 0.937. The van der Waals surface area contributed by atoms with E-state index in [0.29, 0.717) is 43.9 Å². The van der Waals surface area contributed by atoms with Crippen molar-refractivity contribution in [2.45, 2.75) is 75.6 Å². The number of halogens is 1. The molecule has 8 rings (SSSR count). The Hall–Kier alpha value is -5.40.